The number of nitrogens with zero attached hydrogens (tertiary/aromatic N) is 2. The zero-order chi connectivity index (χ0) is 13.5. The number of unbranched alkanes of at least 4 members (excludes halogenated alkanes) is 1. The summed E-state index contributed by atoms with van der Waals surface area (Å²) in [5.41, 5.74) is 7.20. The quantitative estimate of drug-likeness (QED) is 0.804. The first-order valence-electron chi connectivity index (χ1n) is 7.08. The van der Waals surface area contributed by atoms with Gasteiger partial charge in [0, 0.05) is 30.4 Å². The lowest BCUT2D eigenvalue weighted by Crippen LogP contribution is -2.35. The van der Waals surface area contributed by atoms with Gasteiger partial charge in [0.2, 0.25) is 0 Å². The van der Waals surface area contributed by atoms with Gasteiger partial charge in [-0.3, -0.25) is 0 Å². The van der Waals surface area contributed by atoms with Crippen LogP contribution in [-0.2, 0) is 0 Å². The third-order valence-electron chi connectivity index (χ3n) is 3.45. The minimum atomic E-state index is 0.0295. The van der Waals surface area contributed by atoms with Gasteiger partial charge in [-0.05, 0) is 32.8 Å². The highest BCUT2D eigenvalue weighted by atomic mass is 15.2. The highest BCUT2D eigenvalue weighted by Crippen LogP contribution is 2.25. The van der Waals surface area contributed by atoms with Crippen molar-refractivity contribution in [1.82, 2.24) is 4.98 Å². The van der Waals surface area contributed by atoms with E-state index in [1.807, 2.05) is 19.2 Å². The molecule has 0 aliphatic heterocycles. The van der Waals surface area contributed by atoms with Crippen LogP contribution in [0.4, 0.5) is 5.82 Å². The number of rotatable bonds is 7. The summed E-state index contributed by atoms with van der Waals surface area (Å²) in [6.07, 6.45) is 5.38. The monoisotopic (exact) mass is 249 g/mol. The molecule has 1 aromatic heterocycles. The van der Waals surface area contributed by atoms with Crippen molar-refractivity contribution in [1.29, 1.82) is 0 Å². The van der Waals surface area contributed by atoms with Crippen LogP contribution in [0.2, 0.25) is 0 Å². The van der Waals surface area contributed by atoms with E-state index in [1.54, 1.807) is 0 Å². The van der Waals surface area contributed by atoms with E-state index in [0.29, 0.717) is 6.04 Å². The lowest BCUT2D eigenvalue weighted by Gasteiger charge is -2.32. The third-order valence-corrected chi connectivity index (χ3v) is 3.45. The number of hydrogen-bond acceptors (Lipinski definition) is 3. The summed E-state index contributed by atoms with van der Waals surface area (Å²) >= 11 is 0. The Morgan fingerprint density at radius 2 is 2.06 bits per heavy atom. The smallest absolute Gasteiger partial charge is 0.133 e. The van der Waals surface area contributed by atoms with E-state index in [0.717, 1.165) is 24.3 Å². The van der Waals surface area contributed by atoms with Crippen molar-refractivity contribution in [2.24, 2.45) is 5.73 Å². The average molecular weight is 249 g/mol. The summed E-state index contributed by atoms with van der Waals surface area (Å²) < 4.78 is 0. The van der Waals surface area contributed by atoms with E-state index in [2.05, 4.69) is 36.7 Å². The highest BCUT2D eigenvalue weighted by Gasteiger charge is 2.18. The van der Waals surface area contributed by atoms with E-state index in [1.165, 1.54) is 12.8 Å². The van der Waals surface area contributed by atoms with Gasteiger partial charge in [-0.2, -0.15) is 0 Å². The second kappa shape index (κ2) is 7.37. The molecular formula is C15H27N3. The molecule has 0 saturated carbocycles. The zero-order valence-corrected chi connectivity index (χ0v) is 12.2. The molecule has 102 valence electrons. The van der Waals surface area contributed by atoms with Crippen molar-refractivity contribution in [2.75, 3.05) is 11.4 Å². The van der Waals surface area contributed by atoms with Crippen LogP contribution in [0, 0.1) is 0 Å². The van der Waals surface area contributed by atoms with Gasteiger partial charge >= 0.3 is 0 Å². The predicted molar refractivity (Wildman–Crippen MR) is 78.8 cm³/mol. The van der Waals surface area contributed by atoms with Gasteiger partial charge in [-0.25, -0.2) is 4.98 Å². The molecule has 1 unspecified atom stereocenters. The Morgan fingerprint density at radius 1 is 1.33 bits per heavy atom. The van der Waals surface area contributed by atoms with E-state index in [-0.39, 0.29) is 6.04 Å². The van der Waals surface area contributed by atoms with Gasteiger partial charge in [0.05, 0.1) is 0 Å². The summed E-state index contributed by atoms with van der Waals surface area (Å²) in [7, 11) is 0. The second-order valence-electron chi connectivity index (χ2n) is 5.01. The standard InChI is InChI=1S/C15H27N3/c1-5-7-11-18(12(3)6-2)15-14(13(4)16)9-8-10-17-15/h8-10,12-13H,5-7,11,16H2,1-4H3/t12?,13-/m1/s1. The maximum Gasteiger partial charge on any atom is 0.133 e. The maximum atomic E-state index is 6.06. The van der Waals surface area contributed by atoms with Crippen molar-refractivity contribution in [3.05, 3.63) is 23.9 Å². The Labute approximate surface area is 111 Å². The number of aromatic nitrogens is 1. The molecule has 18 heavy (non-hydrogen) atoms. The fraction of sp³-hybridized carbons (Fsp3) is 0.667. The Bertz CT molecular complexity index is 349. The first-order chi connectivity index (χ1) is 8.61. The molecule has 0 aliphatic rings. The summed E-state index contributed by atoms with van der Waals surface area (Å²) in [5, 5.41) is 0. The first kappa shape index (κ1) is 15.0. The summed E-state index contributed by atoms with van der Waals surface area (Å²) in [4.78, 5) is 6.97. The van der Waals surface area contributed by atoms with Crippen LogP contribution in [0.25, 0.3) is 0 Å². The highest BCUT2D eigenvalue weighted by molar-refractivity contribution is 5.49. The van der Waals surface area contributed by atoms with E-state index in [9.17, 15) is 0 Å². The number of anilines is 1. The first-order valence-corrected chi connectivity index (χ1v) is 7.08. The van der Waals surface area contributed by atoms with Crippen LogP contribution in [0.3, 0.4) is 0 Å². The van der Waals surface area contributed by atoms with Crippen LogP contribution in [0.5, 0.6) is 0 Å². The molecule has 1 heterocycles. The topological polar surface area (TPSA) is 42.2 Å². The normalized spacial score (nSPS) is 14.3. The van der Waals surface area contributed by atoms with Crippen molar-refractivity contribution in [2.45, 2.75) is 59.0 Å². The molecule has 3 heteroatoms. The molecule has 0 aliphatic carbocycles. The van der Waals surface area contributed by atoms with Gasteiger partial charge in [-0.1, -0.05) is 26.3 Å². The molecule has 0 bridgehead atoms. The van der Waals surface area contributed by atoms with Crippen LogP contribution < -0.4 is 10.6 Å². The third kappa shape index (κ3) is 3.70. The van der Waals surface area contributed by atoms with E-state index < -0.39 is 0 Å². The minimum absolute atomic E-state index is 0.0295. The van der Waals surface area contributed by atoms with Gasteiger partial charge in [0.25, 0.3) is 0 Å². The number of hydrogen-bond donors (Lipinski definition) is 1. The molecule has 1 aromatic rings. The second-order valence-corrected chi connectivity index (χ2v) is 5.01. The lowest BCUT2D eigenvalue weighted by molar-refractivity contribution is 0.584. The summed E-state index contributed by atoms with van der Waals surface area (Å²) in [5.74, 6) is 1.07. The van der Waals surface area contributed by atoms with Gasteiger partial charge < -0.3 is 10.6 Å². The van der Waals surface area contributed by atoms with E-state index in [4.69, 9.17) is 5.73 Å². The Kier molecular flexibility index (Phi) is 6.13. The zero-order valence-electron chi connectivity index (χ0n) is 12.2. The van der Waals surface area contributed by atoms with Gasteiger partial charge in [-0.15, -0.1) is 0 Å². The Balaban J connectivity index is 3.03. The SMILES string of the molecule is CCCCN(c1ncccc1[C@@H](C)N)C(C)CC. The lowest BCUT2D eigenvalue weighted by atomic mass is 10.1. The van der Waals surface area contributed by atoms with E-state index >= 15 is 0 Å². The average Bonchev–Trinajstić information content (AvgIpc) is 2.39. The molecule has 3 nitrogen and oxygen atoms in total. The molecule has 2 N–H and O–H groups in total. The van der Waals surface area contributed by atoms with Crippen LogP contribution >= 0.6 is 0 Å². The van der Waals surface area contributed by atoms with Crippen LogP contribution in [0.1, 0.15) is 58.6 Å². The molecule has 0 spiro atoms. The number of pyridine rings is 1. The van der Waals surface area contributed by atoms with Crippen LogP contribution in [0.15, 0.2) is 18.3 Å². The Morgan fingerprint density at radius 3 is 2.61 bits per heavy atom. The molecule has 0 radical (unpaired) electrons. The fourth-order valence-electron chi connectivity index (χ4n) is 2.09. The molecule has 2 atom stereocenters. The van der Waals surface area contributed by atoms with Crippen molar-refractivity contribution < 1.29 is 0 Å². The molecule has 0 aromatic carbocycles. The summed E-state index contributed by atoms with van der Waals surface area (Å²) in [6.45, 7) is 9.78. The van der Waals surface area contributed by atoms with Crippen molar-refractivity contribution in [3.8, 4) is 0 Å². The molecular weight excluding hydrogens is 222 g/mol. The Hall–Kier alpha value is -1.09. The van der Waals surface area contributed by atoms with Crippen molar-refractivity contribution in [3.63, 3.8) is 0 Å². The van der Waals surface area contributed by atoms with Crippen molar-refractivity contribution >= 4 is 5.82 Å². The molecule has 0 fully saturated rings. The molecule has 0 saturated heterocycles. The summed E-state index contributed by atoms with van der Waals surface area (Å²) in [6, 6.07) is 4.59. The van der Waals surface area contributed by atoms with Crippen LogP contribution in [-0.4, -0.2) is 17.6 Å². The fourth-order valence-corrected chi connectivity index (χ4v) is 2.09. The predicted octanol–water partition coefficient (Wildman–Crippen LogP) is 3.51. The largest absolute Gasteiger partial charge is 0.354 e. The maximum absolute atomic E-state index is 6.06. The van der Waals surface area contributed by atoms with Gasteiger partial charge in [0.1, 0.15) is 5.82 Å². The number of nitrogens with two attached hydrogens (primary N) is 1. The molecule has 0 amide bonds. The minimum Gasteiger partial charge on any atom is -0.354 e. The molecule has 1 rings (SSSR count). The van der Waals surface area contributed by atoms with Gasteiger partial charge in [0.15, 0.2) is 0 Å².